The molecule has 130 valence electrons. The summed E-state index contributed by atoms with van der Waals surface area (Å²) in [7, 11) is 0. The van der Waals surface area contributed by atoms with E-state index in [4.69, 9.17) is 0 Å². The fourth-order valence-electron chi connectivity index (χ4n) is 4.32. The van der Waals surface area contributed by atoms with Crippen LogP contribution in [0.3, 0.4) is 0 Å². The van der Waals surface area contributed by atoms with Gasteiger partial charge in [0.25, 0.3) is 0 Å². The highest BCUT2D eigenvalue weighted by atomic mass is 16.2. The zero-order valence-corrected chi connectivity index (χ0v) is 14.8. The lowest BCUT2D eigenvalue weighted by atomic mass is 9.86. The number of benzene rings is 1. The summed E-state index contributed by atoms with van der Waals surface area (Å²) in [4.78, 5) is 15.6. The summed E-state index contributed by atoms with van der Waals surface area (Å²) >= 11 is 0. The third-order valence-corrected chi connectivity index (χ3v) is 5.90. The molecule has 0 bridgehead atoms. The number of nitrogens with one attached hydrogen (secondary N) is 2. The van der Waals surface area contributed by atoms with Crippen molar-refractivity contribution in [3.05, 3.63) is 35.4 Å². The van der Waals surface area contributed by atoms with Gasteiger partial charge in [-0.1, -0.05) is 38.1 Å². The summed E-state index contributed by atoms with van der Waals surface area (Å²) in [5, 5.41) is 0. The standard InChI is InChI=1S/C20H29N3O/c1-13(2)17-12-18(22-21-17)20(24)23(15-10-11-15)19-9-5-7-14-6-3-4-8-16(14)19/h3-4,6,8,13,15,17-19,21-22H,5,7,9-12H2,1-2H3. The van der Waals surface area contributed by atoms with Gasteiger partial charge < -0.3 is 4.90 Å². The number of hydrogen-bond donors (Lipinski definition) is 2. The van der Waals surface area contributed by atoms with Crippen LogP contribution in [0.4, 0.5) is 0 Å². The highest BCUT2D eigenvalue weighted by Crippen LogP contribution is 2.41. The molecule has 0 spiro atoms. The molecule has 1 saturated carbocycles. The Morgan fingerprint density at radius 2 is 1.96 bits per heavy atom. The summed E-state index contributed by atoms with van der Waals surface area (Å²) in [6.07, 6.45) is 6.67. The SMILES string of the molecule is CC(C)C1CC(C(=O)N(C2CC2)C2CCCc3ccccc32)NN1. The van der Waals surface area contributed by atoms with Gasteiger partial charge in [-0.25, -0.2) is 5.43 Å². The van der Waals surface area contributed by atoms with Crippen LogP contribution in [-0.2, 0) is 11.2 Å². The van der Waals surface area contributed by atoms with Gasteiger partial charge >= 0.3 is 0 Å². The third kappa shape index (κ3) is 2.98. The van der Waals surface area contributed by atoms with E-state index in [1.165, 1.54) is 17.5 Å². The molecule has 2 fully saturated rings. The van der Waals surface area contributed by atoms with Crippen LogP contribution in [0.25, 0.3) is 0 Å². The lowest BCUT2D eigenvalue weighted by Crippen LogP contribution is -2.48. The maximum Gasteiger partial charge on any atom is 0.241 e. The second kappa shape index (κ2) is 6.49. The zero-order valence-electron chi connectivity index (χ0n) is 14.8. The van der Waals surface area contributed by atoms with Crippen molar-refractivity contribution in [2.45, 2.75) is 76.5 Å². The Hall–Kier alpha value is -1.39. The summed E-state index contributed by atoms with van der Waals surface area (Å²) in [6.45, 7) is 4.42. The first-order valence-corrected chi connectivity index (χ1v) is 9.56. The van der Waals surface area contributed by atoms with Crippen molar-refractivity contribution in [3.8, 4) is 0 Å². The molecule has 1 aromatic carbocycles. The second-order valence-corrected chi connectivity index (χ2v) is 8.01. The van der Waals surface area contributed by atoms with Gasteiger partial charge in [0.15, 0.2) is 0 Å². The highest BCUT2D eigenvalue weighted by molar-refractivity contribution is 5.83. The molecule has 4 heteroatoms. The third-order valence-electron chi connectivity index (χ3n) is 5.90. The molecule has 3 unspecified atom stereocenters. The fraction of sp³-hybridized carbons (Fsp3) is 0.650. The summed E-state index contributed by atoms with van der Waals surface area (Å²) < 4.78 is 0. The van der Waals surface area contributed by atoms with Gasteiger partial charge in [0.1, 0.15) is 6.04 Å². The molecule has 2 N–H and O–H groups in total. The molecule has 4 rings (SSSR count). The minimum absolute atomic E-state index is 0.0768. The number of hydrogen-bond acceptors (Lipinski definition) is 3. The molecular formula is C20H29N3O. The Morgan fingerprint density at radius 1 is 1.17 bits per heavy atom. The van der Waals surface area contributed by atoms with Gasteiger partial charge in [0.05, 0.1) is 6.04 Å². The first-order chi connectivity index (χ1) is 11.6. The largest absolute Gasteiger partial charge is 0.331 e. The smallest absolute Gasteiger partial charge is 0.241 e. The monoisotopic (exact) mass is 327 g/mol. The van der Waals surface area contributed by atoms with E-state index in [1.54, 1.807) is 0 Å². The van der Waals surface area contributed by atoms with Crippen LogP contribution in [0.5, 0.6) is 0 Å². The molecule has 4 nitrogen and oxygen atoms in total. The van der Waals surface area contributed by atoms with E-state index in [-0.39, 0.29) is 12.1 Å². The zero-order chi connectivity index (χ0) is 16.7. The van der Waals surface area contributed by atoms with Crippen molar-refractivity contribution >= 4 is 5.91 Å². The van der Waals surface area contributed by atoms with Crippen molar-refractivity contribution in [2.24, 2.45) is 5.92 Å². The van der Waals surface area contributed by atoms with Gasteiger partial charge in [-0.15, -0.1) is 0 Å². The average molecular weight is 327 g/mol. The maximum absolute atomic E-state index is 13.3. The van der Waals surface area contributed by atoms with E-state index in [2.05, 4.69) is 53.9 Å². The van der Waals surface area contributed by atoms with E-state index < -0.39 is 0 Å². The predicted octanol–water partition coefficient (Wildman–Crippen LogP) is 2.95. The Balaban J connectivity index is 1.57. The van der Waals surface area contributed by atoms with E-state index >= 15 is 0 Å². The maximum atomic E-state index is 13.3. The minimum Gasteiger partial charge on any atom is -0.331 e. The van der Waals surface area contributed by atoms with Crippen molar-refractivity contribution in [1.82, 2.24) is 15.8 Å². The molecule has 0 radical (unpaired) electrons. The predicted molar refractivity (Wildman–Crippen MR) is 95.3 cm³/mol. The molecule has 0 aromatic heterocycles. The molecule has 1 aliphatic heterocycles. The Bertz CT molecular complexity index is 611. The van der Waals surface area contributed by atoms with Gasteiger partial charge in [0, 0.05) is 12.1 Å². The van der Waals surface area contributed by atoms with E-state index in [0.717, 1.165) is 32.1 Å². The molecule has 1 aromatic rings. The molecule has 1 amide bonds. The van der Waals surface area contributed by atoms with E-state index in [0.29, 0.717) is 23.9 Å². The fourth-order valence-corrected chi connectivity index (χ4v) is 4.32. The molecule has 2 aliphatic carbocycles. The molecular weight excluding hydrogens is 298 g/mol. The van der Waals surface area contributed by atoms with Crippen molar-refractivity contribution in [3.63, 3.8) is 0 Å². The van der Waals surface area contributed by atoms with Gasteiger partial charge in [-0.05, 0) is 55.6 Å². The van der Waals surface area contributed by atoms with Crippen LogP contribution in [-0.4, -0.2) is 28.9 Å². The number of hydrazine groups is 1. The summed E-state index contributed by atoms with van der Waals surface area (Å²) in [5.74, 6) is 0.843. The number of rotatable bonds is 4. The van der Waals surface area contributed by atoms with E-state index in [9.17, 15) is 4.79 Å². The van der Waals surface area contributed by atoms with Gasteiger partial charge in [-0.2, -0.15) is 0 Å². The molecule has 3 atom stereocenters. The second-order valence-electron chi connectivity index (χ2n) is 8.01. The van der Waals surface area contributed by atoms with Crippen LogP contribution in [0.2, 0.25) is 0 Å². The number of carbonyl (C=O) groups excluding carboxylic acids is 1. The van der Waals surface area contributed by atoms with Crippen molar-refractivity contribution < 1.29 is 4.79 Å². The van der Waals surface area contributed by atoms with Crippen LogP contribution < -0.4 is 10.9 Å². The van der Waals surface area contributed by atoms with Gasteiger partial charge in [-0.3, -0.25) is 10.2 Å². The molecule has 3 aliphatic rings. The average Bonchev–Trinajstić information content (AvgIpc) is 3.29. The van der Waals surface area contributed by atoms with Crippen LogP contribution >= 0.6 is 0 Å². The first kappa shape index (κ1) is 16.1. The van der Waals surface area contributed by atoms with E-state index in [1.807, 2.05) is 0 Å². The number of aryl methyl sites for hydroxylation is 1. The lowest BCUT2D eigenvalue weighted by Gasteiger charge is -2.37. The lowest BCUT2D eigenvalue weighted by molar-refractivity contribution is -0.136. The quantitative estimate of drug-likeness (QED) is 0.894. The highest BCUT2D eigenvalue weighted by Gasteiger charge is 2.43. The molecule has 24 heavy (non-hydrogen) atoms. The number of fused-ring (bicyclic) bond motifs is 1. The van der Waals surface area contributed by atoms with Crippen LogP contribution in [0, 0.1) is 5.92 Å². The van der Waals surface area contributed by atoms with Crippen molar-refractivity contribution in [2.75, 3.05) is 0 Å². The van der Waals surface area contributed by atoms with Crippen LogP contribution in [0.1, 0.15) is 63.1 Å². The topological polar surface area (TPSA) is 44.4 Å². The molecule has 1 heterocycles. The minimum atomic E-state index is -0.0768. The number of carbonyl (C=O) groups is 1. The molecule has 1 saturated heterocycles. The number of nitrogens with zero attached hydrogens (tertiary/aromatic N) is 1. The first-order valence-electron chi connectivity index (χ1n) is 9.56. The number of amides is 1. The normalized spacial score (nSPS) is 29.5. The Morgan fingerprint density at radius 3 is 2.67 bits per heavy atom. The van der Waals surface area contributed by atoms with Crippen molar-refractivity contribution in [1.29, 1.82) is 0 Å². The van der Waals surface area contributed by atoms with Crippen LogP contribution in [0.15, 0.2) is 24.3 Å². The van der Waals surface area contributed by atoms with Gasteiger partial charge in [0.2, 0.25) is 5.91 Å². The Kier molecular flexibility index (Phi) is 4.35. The Labute approximate surface area is 145 Å². The summed E-state index contributed by atoms with van der Waals surface area (Å²) in [5.41, 5.74) is 9.42. The summed E-state index contributed by atoms with van der Waals surface area (Å²) in [6, 6.07) is 9.76.